The highest BCUT2D eigenvalue weighted by molar-refractivity contribution is 5.92. The van der Waals surface area contributed by atoms with Crippen LogP contribution in [-0.2, 0) is 4.74 Å². The number of halogens is 1. The fourth-order valence-electron chi connectivity index (χ4n) is 1.43. The topological polar surface area (TPSA) is 38.8 Å². The van der Waals surface area contributed by atoms with E-state index in [2.05, 4.69) is 18.7 Å². The molecule has 0 aliphatic rings. The molecule has 0 saturated carbocycles. The first-order chi connectivity index (χ1) is 8.56. The summed E-state index contributed by atoms with van der Waals surface area (Å²) in [7, 11) is 3.54. The molecule has 0 saturated heterocycles. The molecule has 0 fully saturated rings. The van der Waals surface area contributed by atoms with Gasteiger partial charge in [0.15, 0.2) is 0 Å². The van der Waals surface area contributed by atoms with Gasteiger partial charge >= 0.3 is 5.97 Å². The molecule has 0 bridgehead atoms. The van der Waals surface area contributed by atoms with Gasteiger partial charge in [0.25, 0.3) is 0 Å². The van der Waals surface area contributed by atoms with Crippen LogP contribution in [0.2, 0.25) is 0 Å². The van der Waals surface area contributed by atoms with Crippen molar-refractivity contribution in [1.82, 2.24) is 4.90 Å². The standard InChI is InChI=1S/C14H21NO3.ClH/c1-11(2)15(3)9-10-18-14(16)12-7-5-6-8-13(12)17-4;/h5-8,11H,9-10H2,1-4H3;1H. The van der Waals surface area contributed by atoms with Crippen molar-refractivity contribution in [3.8, 4) is 5.75 Å². The zero-order valence-corrected chi connectivity index (χ0v) is 12.7. The van der Waals surface area contributed by atoms with Crippen molar-refractivity contribution in [2.45, 2.75) is 19.9 Å². The fourth-order valence-corrected chi connectivity index (χ4v) is 1.43. The Labute approximate surface area is 121 Å². The van der Waals surface area contributed by atoms with Crippen LogP contribution < -0.4 is 4.74 Å². The van der Waals surface area contributed by atoms with Crippen LogP contribution in [0.5, 0.6) is 5.75 Å². The summed E-state index contributed by atoms with van der Waals surface area (Å²) in [4.78, 5) is 14.0. The van der Waals surface area contributed by atoms with Crippen LogP contribution in [0.1, 0.15) is 24.2 Å². The van der Waals surface area contributed by atoms with Gasteiger partial charge in [0.1, 0.15) is 17.9 Å². The summed E-state index contributed by atoms with van der Waals surface area (Å²) in [6.07, 6.45) is 0. The van der Waals surface area contributed by atoms with Gasteiger partial charge < -0.3 is 14.4 Å². The molecule has 5 heteroatoms. The number of nitrogens with zero attached hydrogens (tertiary/aromatic N) is 1. The van der Waals surface area contributed by atoms with Crippen LogP contribution in [0.3, 0.4) is 0 Å². The lowest BCUT2D eigenvalue weighted by molar-refractivity contribution is 0.0457. The molecule has 0 aromatic heterocycles. The molecule has 1 aromatic carbocycles. The molecule has 1 aromatic rings. The van der Waals surface area contributed by atoms with E-state index in [1.165, 1.54) is 0 Å². The predicted octanol–water partition coefficient (Wildman–Crippen LogP) is 2.61. The normalized spacial score (nSPS) is 10.2. The number of likely N-dealkylation sites (N-methyl/N-ethyl adjacent to an activating group) is 1. The lowest BCUT2D eigenvalue weighted by atomic mass is 10.2. The van der Waals surface area contributed by atoms with E-state index in [1.54, 1.807) is 25.3 Å². The summed E-state index contributed by atoms with van der Waals surface area (Å²) in [5.41, 5.74) is 0.465. The van der Waals surface area contributed by atoms with Crippen LogP contribution in [0.25, 0.3) is 0 Å². The Balaban J connectivity index is 0.00000324. The van der Waals surface area contributed by atoms with Gasteiger partial charge in [-0.3, -0.25) is 0 Å². The van der Waals surface area contributed by atoms with Gasteiger partial charge in [-0.25, -0.2) is 4.79 Å². The van der Waals surface area contributed by atoms with Crippen molar-refractivity contribution >= 4 is 18.4 Å². The van der Waals surface area contributed by atoms with Gasteiger partial charge in [-0.1, -0.05) is 12.1 Å². The predicted molar refractivity (Wildman–Crippen MR) is 78.3 cm³/mol. The first-order valence-electron chi connectivity index (χ1n) is 6.06. The second-order valence-corrected chi connectivity index (χ2v) is 4.41. The lowest BCUT2D eigenvalue weighted by Gasteiger charge is -2.20. The van der Waals surface area contributed by atoms with Gasteiger partial charge in [0.2, 0.25) is 0 Å². The lowest BCUT2D eigenvalue weighted by Crippen LogP contribution is -2.30. The number of benzene rings is 1. The molecular weight excluding hydrogens is 266 g/mol. The number of para-hydroxylation sites is 1. The van der Waals surface area contributed by atoms with E-state index < -0.39 is 0 Å². The van der Waals surface area contributed by atoms with Gasteiger partial charge in [-0.2, -0.15) is 0 Å². The maximum absolute atomic E-state index is 11.9. The number of methoxy groups -OCH3 is 1. The van der Waals surface area contributed by atoms with Crippen molar-refractivity contribution in [1.29, 1.82) is 0 Å². The van der Waals surface area contributed by atoms with E-state index in [0.717, 1.165) is 6.54 Å². The van der Waals surface area contributed by atoms with Gasteiger partial charge in [-0.05, 0) is 33.0 Å². The van der Waals surface area contributed by atoms with Crippen molar-refractivity contribution in [2.75, 3.05) is 27.3 Å². The van der Waals surface area contributed by atoms with Gasteiger partial charge in [0.05, 0.1) is 7.11 Å². The third kappa shape index (κ3) is 5.49. The molecule has 0 spiro atoms. The summed E-state index contributed by atoms with van der Waals surface area (Å²) in [6, 6.07) is 7.50. The molecule has 0 atom stereocenters. The van der Waals surface area contributed by atoms with Crippen LogP contribution in [0.15, 0.2) is 24.3 Å². The van der Waals surface area contributed by atoms with Crippen molar-refractivity contribution in [3.63, 3.8) is 0 Å². The van der Waals surface area contributed by atoms with Gasteiger partial charge in [0, 0.05) is 12.6 Å². The Hall–Kier alpha value is -1.26. The molecule has 108 valence electrons. The maximum Gasteiger partial charge on any atom is 0.341 e. The van der Waals surface area contributed by atoms with Crippen LogP contribution >= 0.6 is 12.4 Å². The third-order valence-electron chi connectivity index (χ3n) is 2.89. The zero-order valence-electron chi connectivity index (χ0n) is 11.9. The van der Waals surface area contributed by atoms with E-state index in [9.17, 15) is 4.79 Å². The molecule has 4 nitrogen and oxygen atoms in total. The first-order valence-corrected chi connectivity index (χ1v) is 6.06. The number of carbonyl (C=O) groups excluding carboxylic acids is 1. The molecule has 0 N–H and O–H groups in total. The number of rotatable bonds is 6. The largest absolute Gasteiger partial charge is 0.496 e. The van der Waals surface area contributed by atoms with E-state index in [0.29, 0.717) is 24.0 Å². The fraction of sp³-hybridized carbons (Fsp3) is 0.500. The zero-order chi connectivity index (χ0) is 13.5. The number of hydrogen-bond acceptors (Lipinski definition) is 4. The molecule has 0 radical (unpaired) electrons. The smallest absolute Gasteiger partial charge is 0.341 e. The molecule has 0 unspecified atom stereocenters. The van der Waals surface area contributed by atoms with Crippen LogP contribution in [0.4, 0.5) is 0 Å². The Morgan fingerprint density at radius 1 is 1.32 bits per heavy atom. The second kappa shape index (κ2) is 8.77. The Bertz CT molecular complexity index is 396. The second-order valence-electron chi connectivity index (χ2n) is 4.41. The number of carbonyl (C=O) groups is 1. The Morgan fingerprint density at radius 2 is 1.95 bits per heavy atom. The summed E-state index contributed by atoms with van der Waals surface area (Å²) < 4.78 is 10.4. The first kappa shape index (κ1) is 17.7. The molecule has 0 heterocycles. The SMILES string of the molecule is COc1ccccc1C(=O)OCCN(C)C(C)C.Cl. The number of esters is 1. The quantitative estimate of drug-likeness (QED) is 0.754. The van der Waals surface area contributed by atoms with Gasteiger partial charge in [-0.15, -0.1) is 12.4 Å². The van der Waals surface area contributed by atoms with Crippen LogP contribution in [0, 0.1) is 0 Å². The highest BCUT2D eigenvalue weighted by atomic mass is 35.5. The minimum absolute atomic E-state index is 0. The molecule has 0 aliphatic heterocycles. The van der Waals surface area contributed by atoms with Crippen molar-refractivity contribution in [3.05, 3.63) is 29.8 Å². The van der Waals surface area contributed by atoms with E-state index >= 15 is 0 Å². The van der Waals surface area contributed by atoms with Crippen molar-refractivity contribution in [2.24, 2.45) is 0 Å². The van der Waals surface area contributed by atoms with E-state index in [-0.39, 0.29) is 18.4 Å². The van der Waals surface area contributed by atoms with Crippen molar-refractivity contribution < 1.29 is 14.3 Å². The Kier molecular flexibility index (Phi) is 8.19. The summed E-state index contributed by atoms with van der Waals surface area (Å²) in [5, 5.41) is 0. The highest BCUT2D eigenvalue weighted by Crippen LogP contribution is 2.17. The molecule has 0 aliphatic carbocycles. The average molecular weight is 288 g/mol. The molecule has 0 amide bonds. The molecular formula is C14H22ClNO3. The maximum atomic E-state index is 11.9. The molecule has 1 rings (SSSR count). The minimum Gasteiger partial charge on any atom is -0.496 e. The third-order valence-corrected chi connectivity index (χ3v) is 2.89. The highest BCUT2D eigenvalue weighted by Gasteiger charge is 2.13. The average Bonchev–Trinajstić information content (AvgIpc) is 2.38. The minimum atomic E-state index is -0.343. The van der Waals surface area contributed by atoms with E-state index in [1.807, 2.05) is 13.1 Å². The Morgan fingerprint density at radius 3 is 2.53 bits per heavy atom. The summed E-state index contributed by atoms with van der Waals surface area (Å²) >= 11 is 0. The molecule has 19 heavy (non-hydrogen) atoms. The number of hydrogen-bond donors (Lipinski definition) is 0. The summed E-state index contributed by atoms with van der Waals surface area (Å²) in [6.45, 7) is 5.30. The van der Waals surface area contributed by atoms with E-state index in [4.69, 9.17) is 9.47 Å². The monoisotopic (exact) mass is 287 g/mol. The summed E-state index contributed by atoms with van der Waals surface area (Å²) in [5.74, 6) is 0.198. The number of ether oxygens (including phenoxy) is 2. The van der Waals surface area contributed by atoms with Crippen LogP contribution in [-0.4, -0.2) is 44.2 Å².